The van der Waals surface area contributed by atoms with Crippen LogP contribution in [0.2, 0.25) is 5.02 Å². The van der Waals surface area contributed by atoms with Gasteiger partial charge in [-0.05, 0) is 30.2 Å². The number of pyridine rings is 1. The second kappa shape index (κ2) is 5.13. The Kier molecular flexibility index (Phi) is 3.32. The molecule has 0 spiro atoms. The second-order valence-electron chi connectivity index (χ2n) is 4.69. The van der Waals surface area contributed by atoms with E-state index in [-0.39, 0.29) is 12.1 Å². The molecule has 1 unspecified atom stereocenters. The summed E-state index contributed by atoms with van der Waals surface area (Å²) in [7, 11) is 0. The van der Waals surface area contributed by atoms with Gasteiger partial charge in [-0.15, -0.1) is 0 Å². The Morgan fingerprint density at radius 3 is 2.95 bits per heavy atom. The Labute approximate surface area is 122 Å². The fraction of sp³-hybridized carbons (Fsp3) is 0.200. The molecule has 4 nitrogen and oxygen atoms in total. The van der Waals surface area contributed by atoms with Crippen molar-refractivity contribution in [2.75, 3.05) is 5.32 Å². The molecule has 0 radical (unpaired) electrons. The van der Waals surface area contributed by atoms with Crippen molar-refractivity contribution in [1.82, 2.24) is 10.3 Å². The summed E-state index contributed by atoms with van der Waals surface area (Å²) in [4.78, 5) is 16.4. The molecule has 2 aromatic rings. The molecule has 2 N–H and O–H groups in total. The highest BCUT2D eigenvalue weighted by Gasteiger charge is 2.26. The zero-order valence-corrected chi connectivity index (χ0v) is 11.7. The molecule has 1 aliphatic rings. The van der Waals surface area contributed by atoms with Gasteiger partial charge in [-0.1, -0.05) is 24.6 Å². The summed E-state index contributed by atoms with van der Waals surface area (Å²) in [5.41, 5.74) is 3.30. The molecule has 0 saturated carbocycles. The van der Waals surface area contributed by atoms with Crippen LogP contribution in [0.25, 0.3) is 0 Å². The summed E-state index contributed by atoms with van der Waals surface area (Å²) >= 11 is 6.07. The third kappa shape index (κ3) is 2.23. The third-order valence-electron chi connectivity index (χ3n) is 3.37. The van der Waals surface area contributed by atoms with E-state index in [2.05, 4.69) is 22.5 Å². The SMILES string of the molecule is CCc1cncc(C2NC(=O)c3c(Cl)cccc3N2)c1. The average molecular weight is 288 g/mol. The lowest BCUT2D eigenvalue weighted by atomic mass is 10.1. The molecule has 0 saturated heterocycles. The van der Waals surface area contributed by atoms with Crippen molar-refractivity contribution >= 4 is 23.2 Å². The fourth-order valence-electron chi connectivity index (χ4n) is 2.30. The van der Waals surface area contributed by atoms with E-state index in [1.807, 2.05) is 24.4 Å². The number of hydrogen-bond acceptors (Lipinski definition) is 3. The van der Waals surface area contributed by atoms with E-state index >= 15 is 0 Å². The van der Waals surface area contributed by atoms with Crippen LogP contribution in [-0.4, -0.2) is 10.9 Å². The topological polar surface area (TPSA) is 54.0 Å². The van der Waals surface area contributed by atoms with Crippen molar-refractivity contribution in [2.24, 2.45) is 0 Å². The van der Waals surface area contributed by atoms with Crippen molar-refractivity contribution in [2.45, 2.75) is 19.5 Å². The van der Waals surface area contributed by atoms with E-state index in [9.17, 15) is 4.79 Å². The van der Waals surface area contributed by atoms with Crippen LogP contribution in [0.3, 0.4) is 0 Å². The number of hydrogen-bond donors (Lipinski definition) is 2. The summed E-state index contributed by atoms with van der Waals surface area (Å²) in [5, 5.41) is 6.64. The zero-order chi connectivity index (χ0) is 14.1. The van der Waals surface area contributed by atoms with Crippen LogP contribution >= 0.6 is 11.6 Å². The molecule has 1 aliphatic heterocycles. The molecular weight excluding hydrogens is 274 g/mol. The quantitative estimate of drug-likeness (QED) is 0.892. The predicted octanol–water partition coefficient (Wildman–Crippen LogP) is 3.15. The maximum atomic E-state index is 12.2. The second-order valence-corrected chi connectivity index (χ2v) is 5.10. The minimum Gasteiger partial charge on any atom is -0.361 e. The summed E-state index contributed by atoms with van der Waals surface area (Å²) in [6.07, 6.45) is 4.21. The number of fused-ring (bicyclic) bond motifs is 1. The third-order valence-corrected chi connectivity index (χ3v) is 3.69. The lowest BCUT2D eigenvalue weighted by Gasteiger charge is -2.28. The minimum atomic E-state index is -0.285. The standard InChI is InChI=1S/C15H14ClN3O/c1-2-9-6-10(8-17-7-9)14-18-12-5-3-4-11(16)13(12)15(20)19-14/h3-8,14,18H,2H2,1H3,(H,19,20). The number of nitrogens with zero attached hydrogens (tertiary/aromatic N) is 1. The number of anilines is 1. The van der Waals surface area contributed by atoms with Crippen LogP contribution < -0.4 is 10.6 Å². The van der Waals surface area contributed by atoms with Crippen LogP contribution in [0.1, 0.15) is 34.6 Å². The number of carbonyl (C=O) groups is 1. The molecule has 102 valence electrons. The smallest absolute Gasteiger partial charge is 0.256 e. The average Bonchev–Trinajstić information content (AvgIpc) is 2.47. The van der Waals surface area contributed by atoms with E-state index in [4.69, 9.17) is 11.6 Å². The van der Waals surface area contributed by atoms with Gasteiger partial charge in [0.15, 0.2) is 0 Å². The van der Waals surface area contributed by atoms with Crippen LogP contribution in [0.5, 0.6) is 0 Å². The van der Waals surface area contributed by atoms with Gasteiger partial charge < -0.3 is 10.6 Å². The highest BCUT2D eigenvalue weighted by atomic mass is 35.5. The number of nitrogens with one attached hydrogen (secondary N) is 2. The molecule has 20 heavy (non-hydrogen) atoms. The number of aromatic nitrogens is 1. The lowest BCUT2D eigenvalue weighted by molar-refractivity contribution is 0.0936. The van der Waals surface area contributed by atoms with Gasteiger partial charge in [0.05, 0.1) is 16.3 Å². The summed E-state index contributed by atoms with van der Waals surface area (Å²) in [6.45, 7) is 2.07. The molecule has 0 bridgehead atoms. The van der Waals surface area contributed by atoms with Crippen LogP contribution in [0.15, 0.2) is 36.7 Å². The molecule has 1 amide bonds. The van der Waals surface area contributed by atoms with E-state index in [1.165, 1.54) is 0 Å². The molecule has 5 heteroatoms. The number of carbonyl (C=O) groups excluding carboxylic acids is 1. The first kappa shape index (κ1) is 12.9. The highest BCUT2D eigenvalue weighted by molar-refractivity contribution is 6.34. The van der Waals surface area contributed by atoms with Gasteiger partial charge in [-0.2, -0.15) is 0 Å². The fourth-order valence-corrected chi connectivity index (χ4v) is 2.56. The largest absolute Gasteiger partial charge is 0.361 e. The van der Waals surface area contributed by atoms with E-state index < -0.39 is 0 Å². The molecule has 3 rings (SSSR count). The number of amides is 1. The van der Waals surface area contributed by atoms with E-state index in [0.717, 1.165) is 23.2 Å². The van der Waals surface area contributed by atoms with Crippen LogP contribution in [0, 0.1) is 0 Å². The Morgan fingerprint density at radius 1 is 1.30 bits per heavy atom. The Balaban J connectivity index is 1.97. The maximum Gasteiger partial charge on any atom is 0.256 e. The first-order valence-electron chi connectivity index (χ1n) is 6.48. The highest BCUT2D eigenvalue weighted by Crippen LogP contribution is 2.31. The van der Waals surface area contributed by atoms with Crippen LogP contribution in [-0.2, 0) is 6.42 Å². The van der Waals surface area contributed by atoms with Gasteiger partial charge in [-0.25, -0.2) is 0 Å². The van der Waals surface area contributed by atoms with Gasteiger partial charge in [0.1, 0.15) is 6.17 Å². The van der Waals surface area contributed by atoms with Gasteiger partial charge in [0.25, 0.3) is 5.91 Å². The number of halogens is 1. The van der Waals surface area contributed by atoms with Gasteiger partial charge >= 0.3 is 0 Å². The van der Waals surface area contributed by atoms with E-state index in [0.29, 0.717) is 10.6 Å². The van der Waals surface area contributed by atoms with Crippen LogP contribution in [0.4, 0.5) is 5.69 Å². The van der Waals surface area contributed by atoms with Crippen molar-refractivity contribution in [3.05, 3.63) is 58.4 Å². The Morgan fingerprint density at radius 2 is 2.15 bits per heavy atom. The molecule has 1 aromatic carbocycles. The van der Waals surface area contributed by atoms with Gasteiger partial charge in [0.2, 0.25) is 0 Å². The monoisotopic (exact) mass is 287 g/mol. The number of rotatable bonds is 2. The zero-order valence-electron chi connectivity index (χ0n) is 11.0. The Bertz CT molecular complexity index is 672. The molecule has 1 atom stereocenters. The van der Waals surface area contributed by atoms with Crippen molar-refractivity contribution in [3.63, 3.8) is 0 Å². The van der Waals surface area contributed by atoms with Crippen molar-refractivity contribution in [3.8, 4) is 0 Å². The predicted molar refractivity (Wildman–Crippen MR) is 78.9 cm³/mol. The van der Waals surface area contributed by atoms with Crippen molar-refractivity contribution in [1.29, 1.82) is 0 Å². The molecule has 1 aromatic heterocycles. The molecule has 0 aliphatic carbocycles. The summed E-state index contributed by atoms with van der Waals surface area (Å²) < 4.78 is 0. The van der Waals surface area contributed by atoms with Gasteiger partial charge in [-0.3, -0.25) is 9.78 Å². The van der Waals surface area contributed by atoms with Gasteiger partial charge in [0, 0.05) is 18.0 Å². The minimum absolute atomic E-state index is 0.170. The summed E-state index contributed by atoms with van der Waals surface area (Å²) in [5.74, 6) is -0.170. The first-order chi connectivity index (χ1) is 9.69. The molecule has 0 fully saturated rings. The molecule has 2 heterocycles. The first-order valence-corrected chi connectivity index (χ1v) is 6.86. The summed E-state index contributed by atoms with van der Waals surface area (Å²) in [6, 6.07) is 7.43. The number of benzene rings is 1. The van der Waals surface area contributed by atoms with Crippen molar-refractivity contribution < 1.29 is 4.79 Å². The lowest BCUT2D eigenvalue weighted by Crippen LogP contribution is -2.38. The number of aryl methyl sites for hydroxylation is 1. The normalized spacial score (nSPS) is 17.1. The van der Waals surface area contributed by atoms with E-state index in [1.54, 1.807) is 12.3 Å². The molecular formula is C15H14ClN3O. The Hall–Kier alpha value is -2.07. The maximum absolute atomic E-state index is 12.2.